The number of esters is 1. The van der Waals surface area contributed by atoms with Crippen LogP contribution in [0.25, 0.3) is 0 Å². The Morgan fingerprint density at radius 1 is 1.26 bits per heavy atom. The minimum atomic E-state index is -0.856. The van der Waals surface area contributed by atoms with Crippen LogP contribution in [0, 0.1) is 11.3 Å². The number of hydrogen-bond donors (Lipinski definition) is 0. The van der Waals surface area contributed by atoms with Crippen molar-refractivity contribution < 1.29 is 19.1 Å². The van der Waals surface area contributed by atoms with Gasteiger partial charge in [0.15, 0.2) is 12.7 Å². The Morgan fingerprint density at radius 2 is 1.96 bits per heavy atom. The predicted molar refractivity (Wildman–Crippen MR) is 88.6 cm³/mol. The average Bonchev–Trinajstić information content (AvgIpc) is 2.99. The van der Waals surface area contributed by atoms with Crippen LogP contribution in [0.2, 0.25) is 0 Å². The molecule has 2 aromatic rings. The lowest BCUT2D eigenvalue weighted by molar-refractivity contribution is -0.149. The van der Waals surface area contributed by atoms with Crippen molar-refractivity contribution in [3.05, 3.63) is 50.6 Å². The van der Waals surface area contributed by atoms with Crippen LogP contribution in [-0.2, 0) is 9.53 Å². The fraction of sp³-hybridized carbons (Fsp3) is 0.188. The lowest BCUT2D eigenvalue weighted by Gasteiger charge is -2.13. The number of carbonyl (C=O) groups excluding carboxylic acids is 2. The van der Waals surface area contributed by atoms with Gasteiger partial charge in [-0.05, 0) is 59.3 Å². The Morgan fingerprint density at radius 3 is 2.52 bits per heavy atom. The van der Waals surface area contributed by atoms with Gasteiger partial charge in [0.1, 0.15) is 5.75 Å². The molecule has 0 N–H and O–H groups in total. The van der Waals surface area contributed by atoms with Crippen LogP contribution >= 0.6 is 27.3 Å². The summed E-state index contributed by atoms with van der Waals surface area (Å²) in [6.07, 6.45) is -0.856. The fourth-order valence-electron chi connectivity index (χ4n) is 1.65. The molecule has 0 spiro atoms. The molecule has 1 heterocycles. The maximum Gasteiger partial charge on any atom is 0.347 e. The number of nitrogens with zero attached hydrogens (tertiary/aromatic N) is 1. The van der Waals surface area contributed by atoms with Crippen LogP contribution in [0.15, 0.2) is 40.2 Å². The molecule has 0 unspecified atom stereocenters. The first-order chi connectivity index (χ1) is 11.0. The molecule has 1 aromatic carbocycles. The van der Waals surface area contributed by atoms with E-state index in [9.17, 15) is 9.59 Å². The van der Waals surface area contributed by atoms with Crippen LogP contribution in [0.5, 0.6) is 5.75 Å². The molecular formula is C16H12BrNO4S. The molecule has 0 radical (unpaired) electrons. The van der Waals surface area contributed by atoms with Crippen molar-refractivity contribution in [3.63, 3.8) is 0 Å². The van der Waals surface area contributed by atoms with Gasteiger partial charge < -0.3 is 9.47 Å². The molecule has 0 saturated heterocycles. The van der Waals surface area contributed by atoms with Crippen molar-refractivity contribution in [3.8, 4) is 11.8 Å². The third-order valence-electron chi connectivity index (χ3n) is 2.82. The highest BCUT2D eigenvalue weighted by molar-refractivity contribution is 9.11. The number of rotatable bonds is 6. The van der Waals surface area contributed by atoms with E-state index >= 15 is 0 Å². The van der Waals surface area contributed by atoms with Gasteiger partial charge in [0.25, 0.3) is 0 Å². The van der Waals surface area contributed by atoms with Crippen molar-refractivity contribution in [1.82, 2.24) is 0 Å². The normalized spacial score (nSPS) is 11.3. The molecule has 0 bridgehead atoms. The molecule has 2 rings (SSSR count). The highest BCUT2D eigenvalue weighted by Gasteiger charge is 2.19. The van der Waals surface area contributed by atoms with E-state index in [1.807, 2.05) is 6.07 Å². The van der Waals surface area contributed by atoms with E-state index in [0.717, 1.165) is 3.79 Å². The summed E-state index contributed by atoms with van der Waals surface area (Å²) in [4.78, 5) is 24.2. The fourth-order valence-corrected chi connectivity index (χ4v) is 2.96. The van der Waals surface area contributed by atoms with Gasteiger partial charge in [0, 0.05) is 0 Å². The Kier molecular flexibility index (Phi) is 5.90. The third-order valence-corrected chi connectivity index (χ3v) is 4.49. The van der Waals surface area contributed by atoms with E-state index < -0.39 is 12.1 Å². The van der Waals surface area contributed by atoms with Crippen molar-refractivity contribution in [2.45, 2.75) is 13.0 Å². The Balaban J connectivity index is 1.84. The summed E-state index contributed by atoms with van der Waals surface area (Å²) in [6.45, 7) is 1.21. The summed E-state index contributed by atoms with van der Waals surface area (Å²) in [7, 11) is 0. The van der Waals surface area contributed by atoms with Crippen LogP contribution < -0.4 is 4.74 Å². The first-order valence-corrected chi connectivity index (χ1v) is 8.22. The zero-order chi connectivity index (χ0) is 16.8. The highest BCUT2D eigenvalue weighted by atomic mass is 79.9. The van der Waals surface area contributed by atoms with Crippen molar-refractivity contribution in [1.29, 1.82) is 5.26 Å². The third kappa shape index (κ3) is 4.91. The quantitative estimate of drug-likeness (QED) is 0.553. The van der Waals surface area contributed by atoms with Gasteiger partial charge in [-0.2, -0.15) is 5.26 Å². The van der Waals surface area contributed by atoms with Crippen LogP contribution in [0.4, 0.5) is 0 Å². The van der Waals surface area contributed by atoms with E-state index in [4.69, 9.17) is 14.7 Å². The van der Waals surface area contributed by atoms with E-state index in [-0.39, 0.29) is 12.4 Å². The monoisotopic (exact) mass is 393 g/mol. The number of benzene rings is 1. The number of Topliss-reactive ketones (excluding diaryl/α,β-unsaturated/α-hetero) is 1. The largest absolute Gasteiger partial charge is 0.479 e. The van der Waals surface area contributed by atoms with E-state index in [2.05, 4.69) is 15.9 Å². The minimum absolute atomic E-state index is 0.264. The topological polar surface area (TPSA) is 76.4 Å². The second kappa shape index (κ2) is 7.90. The standard InChI is InChI=1S/C16H12BrNO4S/c1-10(22-12-4-2-11(8-18)3-5-12)16(20)21-9-13(19)14-6-7-15(17)23-14/h2-7,10H,9H2,1H3/t10-/m1/s1. The number of hydrogen-bond acceptors (Lipinski definition) is 6. The van der Waals surface area contributed by atoms with Gasteiger partial charge >= 0.3 is 5.97 Å². The number of carbonyl (C=O) groups is 2. The van der Waals surface area contributed by atoms with Crippen LogP contribution in [0.3, 0.4) is 0 Å². The Labute approximate surface area is 145 Å². The number of halogens is 1. The molecule has 0 amide bonds. The Hall–Kier alpha value is -2.17. The van der Waals surface area contributed by atoms with Crippen molar-refractivity contribution in [2.24, 2.45) is 0 Å². The molecule has 0 saturated carbocycles. The first kappa shape index (κ1) is 17.2. The van der Waals surface area contributed by atoms with Gasteiger partial charge in [-0.3, -0.25) is 4.79 Å². The zero-order valence-corrected chi connectivity index (χ0v) is 14.5. The highest BCUT2D eigenvalue weighted by Crippen LogP contribution is 2.22. The lowest BCUT2D eigenvalue weighted by Crippen LogP contribution is -2.28. The number of nitriles is 1. The molecule has 23 heavy (non-hydrogen) atoms. The summed E-state index contributed by atoms with van der Waals surface area (Å²) >= 11 is 4.55. The van der Waals surface area contributed by atoms with E-state index in [1.165, 1.54) is 18.3 Å². The summed E-state index contributed by atoms with van der Waals surface area (Å²) < 4.78 is 11.2. The molecule has 0 aliphatic carbocycles. The number of ether oxygens (including phenoxy) is 2. The molecule has 0 aliphatic rings. The van der Waals surface area contributed by atoms with Gasteiger partial charge in [-0.1, -0.05) is 0 Å². The molecule has 0 fully saturated rings. The lowest BCUT2D eigenvalue weighted by atomic mass is 10.2. The van der Waals surface area contributed by atoms with Crippen molar-refractivity contribution in [2.75, 3.05) is 6.61 Å². The summed E-state index contributed by atoms with van der Waals surface area (Å²) in [6, 6.07) is 11.8. The minimum Gasteiger partial charge on any atom is -0.479 e. The van der Waals surface area contributed by atoms with E-state index in [1.54, 1.807) is 36.4 Å². The SMILES string of the molecule is C[C@@H](Oc1ccc(C#N)cc1)C(=O)OCC(=O)c1ccc(Br)s1. The Bertz CT molecular complexity index is 748. The van der Waals surface area contributed by atoms with Crippen molar-refractivity contribution >= 4 is 39.0 Å². The molecular weight excluding hydrogens is 382 g/mol. The zero-order valence-electron chi connectivity index (χ0n) is 12.1. The maximum absolute atomic E-state index is 11.9. The van der Waals surface area contributed by atoms with Crippen LogP contribution in [0.1, 0.15) is 22.2 Å². The van der Waals surface area contributed by atoms with Gasteiger partial charge in [-0.15, -0.1) is 11.3 Å². The average molecular weight is 394 g/mol. The molecule has 1 atom stereocenters. The van der Waals surface area contributed by atoms with Gasteiger partial charge in [-0.25, -0.2) is 4.79 Å². The molecule has 118 valence electrons. The molecule has 0 aliphatic heterocycles. The molecule has 1 aromatic heterocycles. The van der Waals surface area contributed by atoms with Gasteiger partial charge in [0.05, 0.1) is 20.3 Å². The summed E-state index contributed by atoms with van der Waals surface area (Å²) in [5.41, 5.74) is 0.500. The second-order valence-corrected chi connectivity index (χ2v) is 6.99. The second-order valence-electron chi connectivity index (χ2n) is 4.53. The number of thiophene rings is 1. The van der Waals surface area contributed by atoms with Crippen LogP contribution in [-0.4, -0.2) is 24.5 Å². The van der Waals surface area contributed by atoms with Gasteiger partial charge in [0.2, 0.25) is 5.78 Å². The molecule has 5 nitrogen and oxygen atoms in total. The first-order valence-electron chi connectivity index (χ1n) is 6.61. The predicted octanol–water partition coefficient (Wildman–Crippen LogP) is 3.58. The van der Waals surface area contributed by atoms with E-state index in [0.29, 0.717) is 16.2 Å². The number of ketones is 1. The summed E-state index contributed by atoms with van der Waals surface area (Å²) in [5, 5.41) is 8.72. The maximum atomic E-state index is 11.9. The summed E-state index contributed by atoms with van der Waals surface area (Å²) in [5.74, 6) is -0.445. The smallest absolute Gasteiger partial charge is 0.347 e. The molecule has 7 heteroatoms.